The van der Waals surface area contributed by atoms with Gasteiger partial charge in [-0.05, 0) is 32.8 Å². The Balaban J connectivity index is 1.56. The first kappa shape index (κ1) is 16.3. The molecule has 3 heterocycles. The van der Waals surface area contributed by atoms with Gasteiger partial charge in [-0.1, -0.05) is 6.42 Å². The van der Waals surface area contributed by atoms with E-state index in [-0.39, 0.29) is 17.7 Å². The van der Waals surface area contributed by atoms with Gasteiger partial charge in [0.2, 0.25) is 11.9 Å². The number of carbonyl (C=O) groups is 2. The number of aryl methyl sites for hydroxylation is 2. The monoisotopic (exact) mass is 344 g/mol. The Morgan fingerprint density at radius 2 is 1.84 bits per heavy atom. The zero-order chi connectivity index (χ0) is 17.8. The number of nitrogens with zero attached hydrogens (tertiary/aromatic N) is 4. The molecule has 1 aliphatic carbocycles. The summed E-state index contributed by atoms with van der Waals surface area (Å²) in [6.45, 7) is 5.63. The smallest absolute Gasteiger partial charge is 0.313 e. The second kappa shape index (κ2) is 5.68. The maximum Gasteiger partial charge on any atom is 0.313 e. The second-order valence-electron chi connectivity index (χ2n) is 7.84. The molecule has 1 amide bonds. The number of likely N-dealkylation sites (tertiary alicyclic amines) is 1. The molecule has 25 heavy (non-hydrogen) atoms. The number of fused-ring (bicyclic) bond motifs is 1. The lowest BCUT2D eigenvalue weighted by atomic mass is 9.81. The van der Waals surface area contributed by atoms with E-state index in [0.717, 1.165) is 30.7 Å². The molecule has 134 valence electrons. The highest BCUT2D eigenvalue weighted by molar-refractivity contribution is 5.84. The lowest BCUT2D eigenvalue weighted by Gasteiger charge is -2.31. The number of anilines is 1. The van der Waals surface area contributed by atoms with Crippen molar-refractivity contribution in [2.24, 2.45) is 17.3 Å². The van der Waals surface area contributed by atoms with Gasteiger partial charge in [0.1, 0.15) is 5.41 Å². The predicted octanol–water partition coefficient (Wildman–Crippen LogP) is 1.24. The average Bonchev–Trinajstić information content (AvgIpc) is 2.99. The number of carboxylic acid groups (broad SMARTS) is 1. The van der Waals surface area contributed by atoms with Crippen molar-refractivity contribution < 1.29 is 14.7 Å². The molecule has 1 saturated carbocycles. The summed E-state index contributed by atoms with van der Waals surface area (Å²) in [7, 11) is 0. The third kappa shape index (κ3) is 2.56. The third-order valence-electron chi connectivity index (χ3n) is 6.05. The van der Waals surface area contributed by atoms with E-state index in [0.29, 0.717) is 32.1 Å². The van der Waals surface area contributed by atoms with E-state index in [1.807, 2.05) is 24.8 Å². The Morgan fingerprint density at radius 1 is 1.16 bits per heavy atom. The number of amides is 1. The molecule has 0 spiro atoms. The van der Waals surface area contributed by atoms with Crippen LogP contribution in [0.2, 0.25) is 0 Å². The van der Waals surface area contributed by atoms with Gasteiger partial charge in [-0.15, -0.1) is 0 Å². The summed E-state index contributed by atoms with van der Waals surface area (Å²) in [4.78, 5) is 37.4. The molecule has 1 N–H and O–H groups in total. The van der Waals surface area contributed by atoms with Crippen molar-refractivity contribution in [3.8, 4) is 0 Å². The molecular weight excluding hydrogens is 320 g/mol. The Kier molecular flexibility index (Phi) is 3.70. The van der Waals surface area contributed by atoms with E-state index in [2.05, 4.69) is 9.97 Å². The Hall–Kier alpha value is -2.18. The van der Waals surface area contributed by atoms with Gasteiger partial charge in [-0.2, -0.15) is 0 Å². The highest BCUT2D eigenvalue weighted by Gasteiger charge is 2.59. The summed E-state index contributed by atoms with van der Waals surface area (Å²) in [5, 5.41) is 9.95. The van der Waals surface area contributed by atoms with Gasteiger partial charge in [0.25, 0.3) is 0 Å². The van der Waals surface area contributed by atoms with Gasteiger partial charge >= 0.3 is 5.97 Å². The quantitative estimate of drug-likeness (QED) is 0.888. The summed E-state index contributed by atoms with van der Waals surface area (Å²) in [6, 6.07) is 1.91. The maximum atomic E-state index is 12.6. The van der Waals surface area contributed by atoms with Gasteiger partial charge in [-0.3, -0.25) is 9.59 Å². The van der Waals surface area contributed by atoms with Gasteiger partial charge in [0, 0.05) is 49.4 Å². The molecule has 3 fully saturated rings. The van der Waals surface area contributed by atoms with Crippen molar-refractivity contribution in [1.29, 1.82) is 0 Å². The minimum Gasteiger partial charge on any atom is -0.481 e. The highest BCUT2D eigenvalue weighted by Crippen LogP contribution is 2.45. The van der Waals surface area contributed by atoms with Crippen molar-refractivity contribution in [2.45, 2.75) is 33.1 Å². The zero-order valence-corrected chi connectivity index (χ0v) is 14.7. The second-order valence-corrected chi connectivity index (χ2v) is 7.84. The standard InChI is InChI=1S/C18H24N4O3/c1-11-6-12(2)20-17(19-11)22-8-14-7-21(15(23)13-4-3-5-13)9-18(14,10-22)16(24)25/h6,13-14H,3-5,7-10H2,1-2H3,(H,24,25)/t14-,18-/m1/s1. The largest absolute Gasteiger partial charge is 0.481 e. The van der Waals surface area contributed by atoms with E-state index in [1.165, 1.54) is 0 Å². The average molecular weight is 344 g/mol. The minimum absolute atomic E-state index is 0.0709. The van der Waals surface area contributed by atoms with Crippen LogP contribution >= 0.6 is 0 Å². The van der Waals surface area contributed by atoms with Gasteiger partial charge in [-0.25, -0.2) is 9.97 Å². The van der Waals surface area contributed by atoms with Crippen LogP contribution in [-0.4, -0.2) is 58.0 Å². The van der Waals surface area contributed by atoms with Gasteiger partial charge in [0.15, 0.2) is 0 Å². The molecule has 7 nitrogen and oxygen atoms in total. The number of hydrogen-bond acceptors (Lipinski definition) is 5. The number of carbonyl (C=O) groups excluding carboxylic acids is 1. The van der Waals surface area contributed by atoms with Crippen molar-refractivity contribution in [3.05, 3.63) is 17.5 Å². The van der Waals surface area contributed by atoms with Crippen LogP contribution in [0, 0.1) is 31.1 Å². The Labute approximate surface area is 147 Å². The van der Waals surface area contributed by atoms with Gasteiger partial charge in [0.05, 0.1) is 0 Å². The molecule has 0 unspecified atom stereocenters. The van der Waals surface area contributed by atoms with Crippen LogP contribution in [0.15, 0.2) is 6.07 Å². The molecule has 3 aliphatic rings. The molecule has 2 atom stereocenters. The van der Waals surface area contributed by atoms with Crippen molar-refractivity contribution in [3.63, 3.8) is 0 Å². The third-order valence-corrected chi connectivity index (χ3v) is 6.05. The van der Waals surface area contributed by atoms with E-state index in [4.69, 9.17) is 0 Å². The topological polar surface area (TPSA) is 86.6 Å². The van der Waals surface area contributed by atoms with Gasteiger partial charge < -0.3 is 14.9 Å². The molecular formula is C18H24N4O3. The summed E-state index contributed by atoms with van der Waals surface area (Å²) in [5.74, 6) is -0.0184. The summed E-state index contributed by atoms with van der Waals surface area (Å²) < 4.78 is 0. The molecule has 1 aromatic rings. The number of hydrogen-bond donors (Lipinski definition) is 1. The van der Waals surface area contributed by atoms with E-state index >= 15 is 0 Å². The first-order valence-corrected chi connectivity index (χ1v) is 8.98. The zero-order valence-electron chi connectivity index (χ0n) is 14.7. The summed E-state index contributed by atoms with van der Waals surface area (Å²) >= 11 is 0. The molecule has 2 aliphatic heterocycles. The van der Waals surface area contributed by atoms with Crippen LogP contribution in [0.4, 0.5) is 5.95 Å². The van der Waals surface area contributed by atoms with Crippen LogP contribution in [0.5, 0.6) is 0 Å². The molecule has 0 aromatic carbocycles. The normalized spacial score (nSPS) is 28.8. The van der Waals surface area contributed by atoms with Crippen LogP contribution in [0.25, 0.3) is 0 Å². The Bertz CT molecular complexity index is 713. The fourth-order valence-corrected chi connectivity index (χ4v) is 4.45. The summed E-state index contributed by atoms with van der Waals surface area (Å²) in [5.41, 5.74) is 0.858. The van der Waals surface area contributed by atoms with Crippen LogP contribution in [0.3, 0.4) is 0 Å². The maximum absolute atomic E-state index is 12.6. The van der Waals surface area contributed by atoms with Crippen molar-refractivity contribution >= 4 is 17.8 Å². The van der Waals surface area contributed by atoms with E-state index in [1.54, 1.807) is 4.90 Å². The number of aromatic nitrogens is 2. The highest BCUT2D eigenvalue weighted by atomic mass is 16.4. The molecule has 7 heteroatoms. The van der Waals surface area contributed by atoms with Crippen LogP contribution in [0.1, 0.15) is 30.7 Å². The summed E-state index contributed by atoms with van der Waals surface area (Å²) in [6.07, 6.45) is 3.00. The lowest BCUT2D eigenvalue weighted by Crippen LogP contribution is -2.44. The number of aliphatic carboxylic acids is 1. The van der Waals surface area contributed by atoms with Crippen LogP contribution < -0.4 is 4.90 Å². The SMILES string of the molecule is Cc1cc(C)nc(N2C[C@H]3CN(C(=O)C4CCC4)C[C@@]3(C(=O)O)C2)n1. The van der Waals surface area contributed by atoms with Crippen molar-refractivity contribution in [2.75, 3.05) is 31.1 Å². The molecule has 0 bridgehead atoms. The first-order valence-electron chi connectivity index (χ1n) is 8.98. The molecule has 4 rings (SSSR count). The van der Waals surface area contributed by atoms with Crippen molar-refractivity contribution in [1.82, 2.24) is 14.9 Å². The predicted molar refractivity (Wildman–Crippen MR) is 91.2 cm³/mol. The molecule has 2 saturated heterocycles. The molecule has 1 aromatic heterocycles. The number of carboxylic acids is 1. The minimum atomic E-state index is -0.902. The fraction of sp³-hybridized carbons (Fsp3) is 0.667. The van der Waals surface area contributed by atoms with E-state index < -0.39 is 11.4 Å². The lowest BCUT2D eigenvalue weighted by molar-refractivity contribution is -0.149. The Morgan fingerprint density at radius 3 is 2.36 bits per heavy atom. The molecule has 0 radical (unpaired) electrons. The van der Waals surface area contributed by atoms with E-state index in [9.17, 15) is 14.7 Å². The fourth-order valence-electron chi connectivity index (χ4n) is 4.45. The number of rotatable bonds is 3. The first-order chi connectivity index (χ1) is 11.9. The van der Waals surface area contributed by atoms with Crippen LogP contribution in [-0.2, 0) is 9.59 Å².